The van der Waals surface area contributed by atoms with Gasteiger partial charge in [0.2, 0.25) is 5.91 Å². The SMILES string of the molecule is CO[C@@H]1CCCC[C@@H](NC(=O)Cc2sc(C)nc2C)[C@H]1O. The maximum atomic E-state index is 12.2. The molecule has 1 fully saturated rings. The van der Waals surface area contributed by atoms with E-state index < -0.39 is 6.10 Å². The van der Waals surface area contributed by atoms with E-state index in [2.05, 4.69) is 10.3 Å². The molecule has 1 amide bonds. The maximum Gasteiger partial charge on any atom is 0.225 e. The average Bonchev–Trinajstić information content (AvgIpc) is 2.64. The molecule has 21 heavy (non-hydrogen) atoms. The highest BCUT2D eigenvalue weighted by Gasteiger charge is 2.31. The summed E-state index contributed by atoms with van der Waals surface area (Å²) in [6.45, 7) is 3.87. The number of nitrogens with zero attached hydrogens (tertiary/aromatic N) is 1. The number of carbonyl (C=O) groups excluding carboxylic acids is 1. The third kappa shape index (κ3) is 4.25. The fraction of sp³-hybridized carbons (Fsp3) is 0.733. The molecule has 1 aliphatic carbocycles. The minimum Gasteiger partial charge on any atom is -0.388 e. The van der Waals surface area contributed by atoms with Crippen LogP contribution in [-0.4, -0.2) is 41.4 Å². The Bertz CT molecular complexity index is 489. The van der Waals surface area contributed by atoms with Crippen molar-refractivity contribution < 1.29 is 14.6 Å². The largest absolute Gasteiger partial charge is 0.388 e. The predicted molar refractivity (Wildman–Crippen MR) is 82.5 cm³/mol. The monoisotopic (exact) mass is 312 g/mol. The Morgan fingerprint density at radius 2 is 2.14 bits per heavy atom. The molecule has 1 aliphatic rings. The first-order valence-electron chi connectivity index (χ1n) is 7.44. The van der Waals surface area contributed by atoms with Gasteiger partial charge in [0.15, 0.2) is 0 Å². The van der Waals surface area contributed by atoms with Gasteiger partial charge in [0.05, 0.1) is 29.3 Å². The molecule has 0 radical (unpaired) electrons. The highest BCUT2D eigenvalue weighted by molar-refractivity contribution is 7.11. The molecule has 2 N–H and O–H groups in total. The smallest absolute Gasteiger partial charge is 0.225 e. The van der Waals surface area contributed by atoms with Crippen molar-refractivity contribution in [3.63, 3.8) is 0 Å². The molecular weight excluding hydrogens is 288 g/mol. The number of aryl methyl sites for hydroxylation is 2. The van der Waals surface area contributed by atoms with Crippen LogP contribution in [0.15, 0.2) is 0 Å². The highest BCUT2D eigenvalue weighted by atomic mass is 32.1. The molecule has 0 spiro atoms. The van der Waals surface area contributed by atoms with Gasteiger partial charge in [-0.2, -0.15) is 0 Å². The van der Waals surface area contributed by atoms with Gasteiger partial charge in [-0.15, -0.1) is 11.3 Å². The number of rotatable bonds is 4. The molecule has 6 heteroatoms. The third-order valence-corrected chi connectivity index (χ3v) is 5.09. The van der Waals surface area contributed by atoms with E-state index in [0.29, 0.717) is 6.42 Å². The lowest BCUT2D eigenvalue weighted by atomic mass is 10.0. The molecule has 5 nitrogen and oxygen atoms in total. The van der Waals surface area contributed by atoms with Crippen molar-refractivity contribution in [1.29, 1.82) is 0 Å². The Morgan fingerprint density at radius 3 is 2.76 bits per heavy atom. The lowest BCUT2D eigenvalue weighted by Gasteiger charge is -2.27. The van der Waals surface area contributed by atoms with Gasteiger partial charge in [-0.1, -0.05) is 12.8 Å². The third-order valence-electron chi connectivity index (χ3n) is 4.02. The number of carbonyl (C=O) groups is 1. The van der Waals surface area contributed by atoms with Gasteiger partial charge in [0.1, 0.15) is 6.10 Å². The van der Waals surface area contributed by atoms with Gasteiger partial charge in [0.25, 0.3) is 0 Å². The number of aliphatic hydroxyl groups excluding tert-OH is 1. The molecular formula is C15H24N2O3S. The van der Waals surface area contributed by atoms with Crippen LogP contribution in [0.1, 0.15) is 41.3 Å². The zero-order valence-electron chi connectivity index (χ0n) is 12.9. The van der Waals surface area contributed by atoms with Crippen molar-refractivity contribution >= 4 is 17.2 Å². The zero-order valence-corrected chi connectivity index (χ0v) is 13.7. The molecule has 0 aliphatic heterocycles. The zero-order chi connectivity index (χ0) is 15.4. The minimum atomic E-state index is -0.634. The van der Waals surface area contributed by atoms with Crippen LogP contribution in [0.2, 0.25) is 0 Å². The van der Waals surface area contributed by atoms with Crippen molar-refractivity contribution in [3.05, 3.63) is 15.6 Å². The van der Waals surface area contributed by atoms with Gasteiger partial charge < -0.3 is 15.2 Å². The van der Waals surface area contributed by atoms with Crippen molar-refractivity contribution in [2.75, 3.05) is 7.11 Å². The first kappa shape index (κ1) is 16.4. The van der Waals surface area contributed by atoms with E-state index in [1.807, 2.05) is 13.8 Å². The number of nitrogens with one attached hydrogen (secondary N) is 1. The number of aromatic nitrogens is 1. The van der Waals surface area contributed by atoms with Crippen LogP contribution < -0.4 is 5.32 Å². The Morgan fingerprint density at radius 1 is 1.43 bits per heavy atom. The summed E-state index contributed by atoms with van der Waals surface area (Å²) in [5, 5.41) is 14.3. The predicted octanol–water partition coefficient (Wildman–Crippen LogP) is 1.74. The van der Waals surface area contributed by atoms with Crippen LogP contribution in [0.25, 0.3) is 0 Å². The quantitative estimate of drug-likeness (QED) is 0.831. The van der Waals surface area contributed by atoms with Gasteiger partial charge in [-0.05, 0) is 26.7 Å². The number of aliphatic hydroxyl groups is 1. The molecule has 2 rings (SSSR count). The molecule has 1 saturated carbocycles. The van der Waals surface area contributed by atoms with Crippen LogP contribution in [0.3, 0.4) is 0 Å². The van der Waals surface area contributed by atoms with E-state index in [9.17, 15) is 9.90 Å². The second-order valence-electron chi connectivity index (χ2n) is 5.64. The van der Waals surface area contributed by atoms with E-state index in [1.54, 1.807) is 18.4 Å². The second-order valence-corrected chi connectivity index (χ2v) is 6.93. The number of methoxy groups -OCH3 is 1. The summed E-state index contributed by atoms with van der Waals surface area (Å²) in [7, 11) is 1.61. The van der Waals surface area contributed by atoms with E-state index in [-0.39, 0.29) is 18.1 Å². The molecule has 118 valence electrons. The van der Waals surface area contributed by atoms with Crippen molar-refractivity contribution in [2.24, 2.45) is 0 Å². The lowest BCUT2D eigenvalue weighted by molar-refractivity contribution is -0.123. The first-order chi connectivity index (χ1) is 10.0. The first-order valence-corrected chi connectivity index (χ1v) is 8.26. The Kier molecular flexibility index (Phi) is 5.72. The second kappa shape index (κ2) is 7.33. The fourth-order valence-corrected chi connectivity index (χ4v) is 3.80. The van der Waals surface area contributed by atoms with Crippen molar-refractivity contribution in [3.8, 4) is 0 Å². The highest BCUT2D eigenvalue weighted by Crippen LogP contribution is 2.22. The molecule has 0 bridgehead atoms. The molecule has 0 aromatic carbocycles. The molecule has 0 saturated heterocycles. The summed E-state index contributed by atoms with van der Waals surface area (Å²) < 4.78 is 5.33. The van der Waals surface area contributed by atoms with Crippen LogP contribution in [-0.2, 0) is 16.0 Å². The normalized spacial score (nSPS) is 26.4. The van der Waals surface area contributed by atoms with E-state index >= 15 is 0 Å². The summed E-state index contributed by atoms with van der Waals surface area (Å²) in [4.78, 5) is 17.5. The topological polar surface area (TPSA) is 71.5 Å². The molecule has 1 aromatic heterocycles. The van der Waals surface area contributed by atoms with E-state index in [4.69, 9.17) is 4.74 Å². The van der Waals surface area contributed by atoms with Crippen LogP contribution in [0.5, 0.6) is 0 Å². The van der Waals surface area contributed by atoms with Crippen LogP contribution >= 0.6 is 11.3 Å². The van der Waals surface area contributed by atoms with Crippen LogP contribution in [0, 0.1) is 13.8 Å². The summed E-state index contributed by atoms with van der Waals surface area (Å²) >= 11 is 1.56. The van der Waals surface area contributed by atoms with Crippen molar-refractivity contribution in [1.82, 2.24) is 10.3 Å². The summed E-state index contributed by atoms with van der Waals surface area (Å²) in [6, 6.07) is -0.223. The fourth-order valence-electron chi connectivity index (χ4n) is 2.87. The Labute approximate surface area is 129 Å². The molecule has 1 aromatic rings. The number of ether oxygens (including phenoxy) is 1. The Hall–Kier alpha value is -0.980. The summed E-state index contributed by atoms with van der Waals surface area (Å²) in [5.74, 6) is -0.0532. The number of thiazole rings is 1. The molecule has 1 heterocycles. The van der Waals surface area contributed by atoms with Gasteiger partial charge in [-0.25, -0.2) is 4.98 Å². The number of amides is 1. The van der Waals surface area contributed by atoms with Gasteiger partial charge in [-0.3, -0.25) is 4.79 Å². The van der Waals surface area contributed by atoms with Crippen molar-refractivity contribution in [2.45, 2.75) is 64.2 Å². The lowest BCUT2D eigenvalue weighted by Crippen LogP contribution is -2.48. The van der Waals surface area contributed by atoms with E-state index in [0.717, 1.165) is 41.3 Å². The van der Waals surface area contributed by atoms with Gasteiger partial charge >= 0.3 is 0 Å². The van der Waals surface area contributed by atoms with E-state index in [1.165, 1.54) is 0 Å². The minimum absolute atomic E-state index is 0.0532. The Balaban J connectivity index is 1.96. The number of hydrogen-bond acceptors (Lipinski definition) is 5. The average molecular weight is 312 g/mol. The molecule has 3 atom stereocenters. The summed E-state index contributed by atoms with van der Waals surface area (Å²) in [6.07, 6.45) is 3.18. The van der Waals surface area contributed by atoms with Crippen LogP contribution in [0.4, 0.5) is 0 Å². The molecule has 0 unspecified atom stereocenters. The summed E-state index contributed by atoms with van der Waals surface area (Å²) in [5.41, 5.74) is 0.920. The number of hydrogen-bond donors (Lipinski definition) is 2. The maximum absolute atomic E-state index is 12.2. The standard InChI is InChI=1S/C15H24N2O3S/c1-9-13(21-10(2)16-9)8-14(18)17-11-6-4-5-7-12(20-3)15(11)19/h11-12,15,19H,4-8H2,1-3H3,(H,17,18)/t11-,12-,15-/m1/s1. The van der Waals surface area contributed by atoms with Gasteiger partial charge in [0, 0.05) is 12.0 Å².